The summed E-state index contributed by atoms with van der Waals surface area (Å²) in [6.07, 6.45) is 37.9. The molecule has 0 amide bonds. The van der Waals surface area contributed by atoms with Gasteiger partial charge in [0, 0.05) is 25.5 Å². The Kier molecular flexibility index (Phi) is 20.2. The summed E-state index contributed by atoms with van der Waals surface area (Å²) in [5.74, 6) is 0. The number of benzene rings is 1. The Morgan fingerprint density at radius 3 is 1.39 bits per heavy atom. The molecule has 218 valence electrons. The highest BCUT2D eigenvalue weighted by molar-refractivity contribution is 5.16. The second-order valence-electron chi connectivity index (χ2n) is 12.0. The Balaban J connectivity index is 1.59. The molecular formula is C36H64N2. The molecule has 0 spiro atoms. The van der Waals surface area contributed by atoms with Gasteiger partial charge in [-0.05, 0) is 24.8 Å². The van der Waals surface area contributed by atoms with Crippen molar-refractivity contribution in [1.82, 2.24) is 9.80 Å². The average Bonchev–Trinajstić information content (AvgIpc) is 3.31. The van der Waals surface area contributed by atoms with Gasteiger partial charge in [0.2, 0.25) is 0 Å². The van der Waals surface area contributed by atoms with Crippen LogP contribution in [0.4, 0.5) is 0 Å². The summed E-state index contributed by atoms with van der Waals surface area (Å²) in [4.78, 5) is 5.26. The van der Waals surface area contributed by atoms with Gasteiger partial charge in [0.05, 0.1) is 0 Å². The molecule has 0 aliphatic carbocycles. The van der Waals surface area contributed by atoms with E-state index in [2.05, 4.69) is 66.4 Å². The molecule has 0 saturated heterocycles. The minimum atomic E-state index is 0.553. The number of hydrogen-bond acceptors (Lipinski definition) is 2. The van der Waals surface area contributed by atoms with E-state index < -0.39 is 0 Å². The molecule has 1 aliphatic heterocycles. The van der Waals surface area contributed by atoms with Crippen LogP contribution in [0.3, 0.4) is 0 Å². The van der Waals surface area contributed by atoms with E-state index in [1.54, 1.807) is 0 Å². The van der Waals surface area contributed by atoms with Gasteiger partial charge in [-0.2, -0.15) is 0 Å². The minimum absolute atomic E-state index is 0.553. The van der Waals surface area contributed by atoms with Gasteiger partial charge in [-0.3, -0.25) is 0 Å². The van der Waals surface area contributed by atoms with Crippen LogP contribution in [0.2, 0.25) is 0 Å². The highest BCUT2D eigenvalue weighted by Crippen LogP contribution is 2.25. The fourth-order valence-electron chi connectivity index (χ4n) is 6.02. The van der Waals surface area contributed by atoms with Crippen molar-refractivity contribution in [2.75, 3.05) is 6.54 Å². The fraction of sp³-hybridized carbons (Fsp3) is 0.778. The predicted octanol–water partition coefficient (Wildman–Crippen LogP) is 11.6. The number of nitrogens with zero attached hydrogens (tertiary/aromatic N) is 2. The Labute approximate surface area is 238 Å². The van der Waals surface area contributed by atoms with Gasteiger partial charge < -0.3 is 9.80 Å². The molecule has 1 aromatic carbocycles. The lowest BCUT2D eigenvalue weighted by Crippen LogP contribution is -2.38. The lowest BCUT2D eigenvalue weighted by atomic mass is 10.0. The van der Waals surface area contributed by atoms with Gasteiger partial charge >= 0.3 is 0 Å². The molecule has 0 N–H and O–H groups in total. The molecule has 0 fully saturated rings. The maximum atomic E-state index is 2.66. The molecule has 38 heavy (non-hydrogen) atoms. The Morgan fingerprint density at radius 1 is 0.474 bits per heavy atom. The van der Waals surface area contributed by atoms with Crippen LogP contribution < -0.4 is 0 Å². The third kappa shape index (κ3) is 15.8. The van der Waals surface area contributed by atoms with E-state index in [0.717, 1.165) is 6.54 Å². The van der Waals surface area contributed by atoms with Crippen LogP contribution in [0.15, 0.2) is 42.7 Å². The third-order valence-electron chi connectivity index (χ3n) is 8.51. The summed E-state index contributed by atoms with van der Waals surface area (Å²) in [6.45, 7) is 6.87. The lowest BCUT2D eigenvalue weighted by molar-refractivity contribution is 0.132. The van der Waals surface area contributed by atoms with E-state index in [1.807, 2.05) is 0 Å². The van der Waals surface area contributed by atoms with Crippen LogP contribution in [-0.2, 0) is 6.54 Å². The Bertz CT molecular complexity index is 655. The van der Waals surface area contributed by atoms with Crippen molar-refractivity contribution in [1.29, 1.82) is 0 Å². The fourth-order valence-corrected chi connectivity index (χ4v) is 6.02. The van der Waals surface area contributed by atoms with E-state index >= 15 is 0 Å². The van der Waals surface area contributed by atoms with Crippen molar-refractivity contribution >= 4 is 0 Å². The van der Waals surface area contributed by atoms with Crippen molar-refractivity contribution < 1.29 is 0 Å². The van der Waals surface area contributed by atoms with E-state index in [1.165, 1.54) is 160 Å². The van der Waals surface area contributed by atoms with Crippen LogP contribution in [0.1, 0.15) is 167 Å². The second-order valence-corrected chi connectivity index (χ2v) is 12.0. The predicted molar refractivity (Wildman–Crippen MR) is 169 cm³/mol. The smallest absolute Gasteiger partial charge is 0.101 e. The standard InChI is InChI=1S/C36H64N2/c1-3-5-7-9-11-13-14-15-16-18-20-22-27-31-37-32-33-38(34-35-28-24-23-25-29-35)36(37)30-26-21-19-17-12-10-8-6-4-2/h23-25,28-29,32-33,36H,3-22,26-27,30-31,34H2,1-2H3. The molecule has 0 radical (unpaired) electrons. The first-order chi connectivity index (χ1) is 18.8. The molecule has 1 unspecified atom stereocenters. The maximum Gasteiger partial charge on any atom is 0.101 e. The Morgan fingerprint density at radius 2 is 0.895 bits per heavy atom. The van der Waals surface area contributed by atoms with Gasteiger partial charge in [0.1, 0.15) is 6.17 Å². The number of rotatable bonds is 26. The largest absolute Gasteiger partial charge is 0.356 e. The molecule has 0 aromatic heterocycles. The third-order valence-corrected chi connectivity index (χ3v) is 8.51. The molecule has 0 saturated carbocycles. The van der Waals surface area contributed by atoms with Gasteiger partial charge in [-0.15, -0.1) is 0 Å². The van der Waals surface area contributed by atoms with Crippen molar-refractivity contribution in [3.8, 4) is 0 Å². The van der Waals surface area contributed by atoms with Crippen molar-refractivity contribution in [2.45, 2.75) is 174 Å². The van der Waals surface area contributed by atoms with Crippen LogP contribution in [0.5, 0.6) is 0 Å². The summed E-state index contributed by atoms with van der Waals surface area (Å²) in [6, 6.07) is 11.0. The molecule has 2 nitrogen and oxygen atoms in total. The minimum Gasteiger partial charge on any atom is -0.356 e. The highest BCUT2D eigenvalue weighted by atomic mass is 15.4. The van der Waals surface area contributed by atoms with Crippen LogP contribution in [0, 0.1) is 0 Å². The molecule has 2 rings (SSSR count). The molecule has 1 heterocycles. The molecule has 0 bridgehead atoms. The van der Waals surface area contributed by atoms with E-state index in [4.69, 9.17) is 0 Å². The SMILES string of the molecule is CCCCCCCCCCCCCCCN1C=CN(Cc2ccccc2)C1CCCCCCCCCCC. The van der Waals surface area contributed by atoms with Gasteiger partial charge in [0.15, 0.2) is 0 Å². The lowest BCUT2D eigenvalue weighted by Gasteiger charge is -2.33. The van der Waals surface area contributed by atoms with Gasteiger partial charge in [-0.25, -0.2) is 0 Å². The summed E-state index contributed by atoms with van der Waals surface area (Å²) in [5.41, 5.74) is 1.43. The summed E-state index contributed by atoms with van der Waals surface area (Å²) >= 11 is 0. The molecule has 1 atom stereocenters. The van der Waals surface area contributed by atoms with Crippen LogP contribution in [0.25, 0.3) is 0 Å². The number of hydrogen-bond donors (Lipinski definition) is 0. The molecular weight excluding hydrogens is 460 g/mol. The zero-order valence-corrected chi connectivity index (χ0v) is 25.7. The normalized spacial score (nSPS) is 15.2. The first kappa shape index (κ1) is 32.8. The first-order valence-electron chi connectivity index (χ1n) is 17.1. The van der Waals surface area contributed by atoms with Gasteiger partial charge in [0.25, 0.3) is 0 Å². The van der Waals surface area contributed by atoms with Crippen molar-refractivity contribution in [2.24, 2.45) is 0 Å². The first-order valence-corrected chi connectivity index (χ1v) is 17.1. The monoisotopic (exact) mass is 525 g/mol. The van der Waals surface area contributed by atoms with E-state index in [9.17, 15) is 0 Å². The van der Waals surface area contributed by atoms with Crippen molar-refractivity contribution in [3.63, 3.8) is 0 Å². The maximum absolute atomic E-state index is 2.66. The topological polar surface area (TPSA) is 6.48 Å². The molecule has 1 aliphatic rings. The van der Waals surface area contributed by atoms with Crippen LogP contribution in [-0.4, -0.2) is 22.5 Å². The average molecular weight is 525 g/mol. The van der Waals surface area contributed by atoms with Crippen molar-refractivity contribution in [3.05, 3.63) is 48.3 Å². The second kappa shape index (κ2) is 23.4. The van der Waals surface area contributed by atoms with Crippen LogP contribution >= 0.6 is 0 Å². The quantitative estimate of drug-likeness (QED) is 0.111. The zero-order valence-electron chi connectivity index (χ0n) is 25.7. The highest BCUT2D eigenvalue weighted by Gasteiger charge is 2.25. The van der Waals surface area contributed by atoms with Gasteiger partial charge in [-0.1, -0.05) is 173 Å². The molecule has 1 aromatic rings. The Hall–Kier alpha value is -1.44. The van der Waals surface area contributed by atoms with E-state index in [-0.39, 0.29) is 0 Å². The zero-order chi connectivity index (χ0) is 26.9. The number of unbranched alkanes of at least 4 members (excludes halogenated alkanes) is 20. The van der Waals surface area contributed by atoms with E-state index in [0.29, 0.717) is 6.17 Å². The summed E-state index contributed by atoms with van der Waals surface area (Å²) < 4.78 is 0. The summed E-state index contributed by atoms with van der Waals surface area (Å²) in [5, 5.41) is 0. The summed E-state index contributed by atoms with van der Waals surface area (Å²) in [7, 11) is 0. The molecule has 2 heteroatoms.